The van der Waals surface area contributed by atoms with Crippen molar-refractivity contribution in [3.63, 3.8) is 0 Å². The molecule has 4 aromatic rings. The van der Waals surface area contributed by atoms with Crippen molar-refractivity contribution < 1.29 is 4.74 Å². The molecule has 1 N–H and O–H groups in total. The highest BCUT2D eigenvalue weighted by molar-refractivity contribution is 7.16. The molecule has 0 amide bonds. The number of ether oxygens (including phenoxy) is 1. The second-order valence-electron chi connectivity index (χ2n) is 6.38. The average Bonchev–Trinajstić information content (AvgIpc) is 3.02. The Morgan fingerprint density at radius 3 is 2.37 bits per heavy atom. The molecule has 6 heteroatoms. The van der Waals surface area contributed by atoms with E-state index in [0.717, 1.165) is 55.1 Å². The summed E-state index contributed by atoms with van der Waals surface area (Å²) in [4.78, 5) is 15.3. The number of benzene rings is 2. The second kappa shape index (κ2) is 6.96. The molecule has 2 heterocycles. The van der Waals surface area contributed by atoms with E-state index in [9.17, 15) is 0 Å². The molecule has 2 aromatic carbocycles. The molecule has 0 aliphatic rings. The van der Waals surface area contributed by atoms with Gasteiger partial charge in [-0.25, -0.2) is 15.0 Å². The quantitative estimate of drug-likeness (QED) is 0.514. The van der Waals surface area contributed by atoms with E-state index in [1.165, 1.54) is 0 Å². The Morgan fingerprint density at radius 1 is 0.926 bits per heavy atom. The molecule has 0 bridgehead atoms. The number of aromatic nitrogens is 3. The van der Waals surface area contributed by atoms with Crippen LogP contribution in [0, 0.1) is 20.8 Å². The number of aryl methyl sites for hydroxylation is 3. The van der Waals surface area contributed by atoms with Crippen LogP contribution < -0.4 is 10.1 Å². The molecule has 0 saturated heterocycles. The van der Waals surface area contributed by atoms with Crippen molar-refractivity contribution in [2.75, 3.05) is 12.4 Å². The zero-order chi connectivity index (χ0) is 19.0. The normalized spacial score (nSPS) is 11.0. The lowest BCUT2D eigenvalue weighted by Gasteiger charge is -2.07. The van der Waals surface area contributed by atoms with Crippen molar-refractivity contribution in [1.29, 1.82) is 0 Å². The molecule has 2 aromatic heterocycles. The number of nitrogens with one attached hydrogen (secondary N) is 1. The highest BCUT2D eigenvalue weighted by Gasteiger charge is 2.13. The number of thiazole rings is 1. The van der Waals surface area contributed by atoms with E-state index in [0.29, 0.717) is 0 Å². The third-order valence-corrected chi connectivity index (χ3v) is 5.32. The molecule has 0 unspecified atom stereocenters. The van der Waals surface area contributed by atoms with Crippen molar-refractivity contribution in [3.05, 3.63) is 58.6 Å². The first-order valence-corrected chi connectivity index (χ1v) is 9.49. The Bertz CT molecular complexity index is 1140. The molecule has 0 aliphatic heterocycles. The average molecular weight is 376 g/mol. The van der Waals surface area contributed by atoms with E-state index < -0.39 is 0 Å². The Kier molecular flexibility index (Phi) is 4.49. The number of methoxy groups -OCH3 is 1. The number of nitrogens with zero attached hydrogens (tertiary/aromatic N) is 3. The number of para-hydroxylation sites is 2. The molecule has 0 spiro atoms. The van der Waals surface area contributed by atoms with E-state index in [2.05, 4.69) is 23.3 Å². The number of hydrogen-bond acceptors (Lipinski definition) is 6. The highest BCUT2D eigenvalue weighted by atomic mass is 32.1. The van der Waals surface area contributed by atoms with Gasteiger partial charge >= 0.3 is 0 Å². The molecule has 0 atom stereocenters. The van der Waals surface area contributed by atoms with Crippen LogP contribution in [0.5, 0.6) is 5.75 Å². The molecule has 0 fully saturated rings. The summed E-state index contributed by atoms with van der Waals surface area (Å²) in [6.07, 6.45) is 0. The van der Waals surface area contributed by atoms with E-state index >= 15 is 0 Å². The predicted molar refractivity (Wildman–Crippen MR) is 111 cm³/mol. The third kappa shape index (κ3) is 3.36. The molecule has 0 saturated carbocycles. The Morgan fingerprint density at radius 2 is 1.67 bits per heavy atom. The van der Waals surface area contributed by atoms with Gasteiger partial charge in [-0.1, -0.05) is 12.1 Å². The first-order chi connectivity index (χ1) is 13.0. The predicted octanol–water partition coefficient (Wildman–Crippen LogP) is 5.43. The van der Waals surface area contributed by atoms with Gasteiger partial charge in [-0.3, -0.25) is 0 Å². The standard InChI is InChI=1S/C21H20N4OS/c1-12-11-15(9-10-18(12)26-4)19-14(3)27-21(24-19)25-20-13(2)22-16-7-5-6-8-17(16)23-20/h5-11H,1-4H3,(H,23,24,25). The first kappa shape index (κ1) is 17.4. The van der Waals surface area contributed by atoms with Crippen LogP contribution in [0.4, 0.5) is 10.9 Å². The fraction of sp³-hybridized carbons (Fsp3) is 0.190. The van der Waals surface area contributed by atoms with Crippen molar-refractivity contribution in [3.8, 4) is 17.0 Å². The lowest BCUT2D eigenvalue weighted by Crippen LogP contribution is -1.99. The molecular formula is C21H20N4OS. The minimum atomic E-state index is 0.736. The third-order valence-electron chi connectivity index (χ3n) is 4.44. The minimum Gasteiger partial charge on any atom is -0.496 e. The maximum absolute atomic E-state index is 5.35. The van der Waals surface area contributed by atoms with Crippen molar-refractivity contribution >= 4 is 33.3 Å². The molecule has 0 aliphatic carbocycles. The maximum atomic E-state index is 5.35. The van der Waals surface area contributed by atoms with Gasteiger partial charge < -0.3 is 10.1 Å². The summed E-state index contributed by atoms with van der Waals surface area (Å²) >= 11 is 1.61. The largest absolute Gasteiger partial charge is 0.496 e. The smallest absolute Gasteiger partial charge is 0.189 e. The molecule has 5 nitrogen and oxygen atoms in total. The van der Waals surface area contributed by atoms with Crippen LogP contribution in [0.1, 0.15) is 16.1 Å². The van der Waals surface area contributed by atoms with Gasteiger partial charge in [0.05, 0.1) is 29.5 Å². The summed E-state index contributed by atoms with van der Waals surface area (Å²) in [5.41, 5.74) is 5.75. The van der Waals surface area contributed by atoms with Gasteiger partial charge in [0.25, 0.3) is 0 Å². The van der Waals surface area contributed by atoms with Gasteiger partial charge in [0.2, 0.25) is 0 Å². The number of hydrogen-bond donors (Lipinski definition) is 1. The minimum absolute atomic E-state index is 0.736. The second-order valence-corrected chi connectivity index (χ2v) is 7.58. The Hall–Kier alpha value is -2.99. The highest BCUT2D eigenvalue weighted by Crippen LogP contribution is 2.34. The maximum Gasteiger partial charge on any atom is 0.189 e. The van der Waals surface area contributed by atoms with E-state index in [1.807, 2.05) is 50.2 Å². The van der Waals surface area contributed by atoms with Crippen LogP contribution in [0.25, 0.3) is 22.3 Å². The lowest BCUT2D eigenvalue weighted by molar-refractivity contribution is 0.412. The summed E-state index contributed by atoms with van der Waals surface area (Å²) < 4.78 is 5.35. The summed E-state index contributed by atoms with van der Waals surface area (Å²) in [6, 6.07) is 14.0. The van der Waals surface area contributed by atoms with Gasteiger partial charge in [-0.05, 0) is 56.7 Å². The van der Waals surface area contributed by atoms with E-state index in [1.54, 1.807) is 18.4 Å². The molecule has 4 rings (SSSR count). The van der Waals surface area contributed by atoms with E-state index in [-0.39, 0.29) is 0 Å². The molecule has 136 valence electrons. The van der Waals surface area contributed by atoms with Crippen LogP contribution in [-0.2, 0) is 0 Å². The van der Waals surface area contributed by atoms with E-state index in [4.69, 9.17) is 14.7 Å². The fourth-order valence-corrected chi connectivity index (χ4v) is 3.89. The topological polar surface area (TPSA) is 59.9 Å². The van der Waals surface area contributed by atoms with Crippen molar-refractivity contribution in [1.82, 2.24) is 15.0 Å². The SMILES string of the molecule is COc1ccc(-c2nc(Nc3nc4ccccc4nc3C)sc2C)cc1C. The summed E-state index contributed by atoms with van der Waals surface area (Å²) in [5.74, 6) is 1.62. The zero-order valence-corrected chi connectivity index (χ0v) is 16.5. The molecular weight excluding hydrogens is 356 g/mol. The van der Waals surface area contributed by atoms with Crippen LogP contribution >= 0.6 is 11.3 Å². The van der Waals surface area contributed by atoms with Crippen LogP contribution in [0.3, 0.4) is 0 Å². The van der Waals surface area contributed by atoms with Crippen LogP contribution in [0.15, 0.2) is 42.5 Å². The monoisotopic (exact) mass is 376 g/mol. The molecule has 27 heavy (non-hydrogen) atoms. The molecule has 0 radical (unpaired) electrons. The summed E-state index contributed by atoms with van der Waals surface area (Å²) in [5, 5.41) is 4.15. The van der Waals surface area contributed by atoms with Gasteiger partial charge in [-0.15, -0.1) is 11.3 Å². The number of rotatable bonds is 4. The first-order valence-electron chi connectivity index (χ1n) is 8.68. The van der Waals surface area contributed by atoms with Crippen molar-refractivity contribution in [2.24, 2.45) is 0 Å². The Labute approximate surface area is 162 Å². The lowest BCUT2D eigenvalue weighted by atomic mass is 10.1. The van der Waals surface area contributed by atoms with Crippen molar-refractivity contribution in [2.45, 2.75) is 20.8 Å². The van der Waals surface area contributed by atoms with Gasteiger partial charge in [0.15, 0.2) is 10.9 Å². The summed E-state index contributed by atoms with van der Waals surface area (Å²) in [6.45, 7) is 6.07. The van der Waals surface area contributed by atoms with Crippen LogP contribution in [0.2, 0.25) is 0 Å². The number of anilines is 2. The number of fused-ring (bicyclic) bond motifs is 1. The van der Waals surface area contributed by atoms with Gasteiger partial charge in [0, 0.05) is 10.4 Å². The summed E-state index contributed by atoms with van der Waals surface area (Å²) in [7, 11) is 1.69. The van der Waals surface area contributed by atoms with Crippen LogP contribution in [-0.4, -0.2) is 22.1 Å². The zero-order valence-electron chi connectivity index (χ0n) is 15.7. The fourth-order valence-electron chi connectivity index (χ4n) is 3.05. The Balaban J connectivity index is 1.68. The van der Waals surface area contributed by atoms with Gasteiger partial charge in [0.1, 0.15) is 5.75 Å². The van der Waals surface area contributed by atoms with Gasteiger partial charge in [-0.2, -0.15) is 0 Å².